The summed E-state index contributed by atoms with van der Waals surface area (Å²) >= 11 is 0. The number of anilines is 1. The molecule has 2 aromatic rings. The maximum absolute atomic E-state index is 13.4. The van der Waals surface area contributed by atoms with E-state index in [4.69, 9.17) is 9.47 Å². The van der Waals surface area contributed by atoms with Crippen LogP contribution in [0.3, 0.4) is 0 Å². The molecule has 3 atom stereocenters. The van der Waals surface area contributed by atoms with Crippen molar-refractivity contribution >= 4 is 17.5 Å². The van der Waals surface area contributed by atoms with E-state index in [1.807, 2.05) is 55.5 Å². The fraction of sp³-hybridized carbons (Fsp3) is 0.440. The van der Waals surface area contributed by atoms with Gasteiger partial charge in [0.15, 0.2) is 0 Å². The van der Waals surface area contributed by atoms with Crippen LogP contribution >= 0.6 is 0 Å². The molecule has 0 radical (unpaired) electrons. The Bertz CT molecular complexity index is 921. The first-order valence-corrected chi connectivity index (χ1v) is 11.0. The van der Waals surface area contributed by atoms with E-state index in [1.54, 1.807) is 12.0 Å². The minimum absolute atomic E-state index is 0.0183. The van der Waals surface area contributed by atoms with Gasteiger partial charge in [0, 0.05) is 24.3 Å². The fourth-order valence-corrected chi connectivity index (χ4v) is 4.61. The van der Waals surface area contributed by atoms with Crippen LogP contribution in [0.5, 0.6) is 5.75 Å². The van der Waals surface area contributed by atoms with Crippen LogP contribution in [0.1, 0.15) is 42.9 Å². The number of amides is 2. The Balaban J connectivity index is 1.73. The molecule has 164 valence electrons. The molecule has 0 aromatic heterocycles. The summed E-state index contributed by atoms with van der Waals surface area (Å²) in [7, 11) is 1.62. The number of para-hydroxylation sites is 1. The van der Waals surface area contributed by atoms with Crippen molar-refractivity contribution in [3.05, 3.63) is 59.7 Å². The van der Waals surface area contributed by atoms with Gasteiger partial charge in [-0.05, 0) is 44.4 Å². The van der Waals surface area contributed by atoms with Crippen molar-refractivity contribution in [3.63, 3.8) is 0 Å². The highest BCUT2D eigenvalue weighted by molar-refractivity contribution is 5.97. The number of carbonyl (C=O) groups is 2. The van der Waals surface area contributed by atoms with Crippen LogP contribution in [0.4, 0.5) is 5.69 Å². The zero-order valence-corrected chi connectivity index (χ0v) is 18.2. The van der Waals surface area contributed by atoms with Crippen molar-refractivity contribution in [2.24, 2.45) is 5.92 Å². The minimum atomic E-state index is -0.440. The normalized spacial score (nSPS) is 24.0. The smallest absolute Gasteiger partial charge is 0.227 e. The van der Waals surface area contributed by atoms with Gasteiger partial charge in [-0.2, -0.15) is 0 Å². The Labute approximate surface area is 183 Å². The molecule has 6 heteroatoms. The van der Waals surface area contributed by atoms with Gasteiger partial charge in [0.2, 0.25) is 11.8 Å². The second-order valence-electron chi connectivity index (χ2n) is 8.35. The largest absolute Gasteiger partial charge is 0.496 e. The van der Waals surface area contributed by atoms with Gasteiger partial charge < -0.3 is 19.7 Å². The number of hydrogen-bond donors (Lipinski definition) is 1. The number of rotatable bonds is 5. The van der Waals surface area contributed by atoms with E-state index in [2.05, 4.69) is 5.32 Å². The molecule has 2 amide bonds. The summed E-state index contributed by atoms with van der Waals surface area (Å²) in [6.07, 6.45) is 2.69. The summed E-state index contributed by atoms with van der Waals surface area (Å²) in [5.41, 5.74) is 2.76. The standard InChI is InChI=1S/C25H30N2O4/c1-17-9-11-19(12-10-17)27-23(28)14-13-21(25(29)26-18-6-5-15-31-16-18)24(27)20-7-3-4-8-22(20)30-2/h3-4,7-12,18,21,24H,5-6,13-16H2,1-2H3,(H,26,29). The van der Waals surface area contributed by atoms with Gasteiger partial charge >= 0.3 is 0 Å². The number of methoxy groups -OCH3 is 1. The van der Waals surface area contributed by atoms with Crippen LogP contribution in [-0.4, -0.2) is 38.2 Å². The lowest BCUT2D eigenvalue weighted by atomic mass is 9.82. The lowest BCUT2D eigenvalue weighted by Crippen LogP contribution is -2.51. The maximum atomic E-state index is 13.4. The first kappa shape index (κ1) is 21.4. The highest BCUT2D eigenvalue weighted by Gasteiger charge is 2.43. The van der Waals surface area contributed by atoms with Gasteiger partial charge in [0.25, 0.3) is 0 Å². The molecule has 2 heterocycles. The Morgan fingerprint density at radius 1 is 1.13 bits per heavy atom. The van der Waals surface area contributed by atoms with Gasteiger partial charge in [0.05, 0.1) is 31.7 Å². The van der Waals surface area contributed by atoms with E-state index < -0.39 is 6.04 Å². The van der Waals surface area contributed by atoms with Crippen LogP contribution in [-0.2, 0) is 14.3 Å². The van der Waals surface area contributed by atoms with Gasteiger partial charge in [-0.1, -0.05) is 35.9 Å². The molecule has 3 unspecified atom stereocenters. The zero-order chi connectivity index (χ0) is 21.8. The predicted octanol–water partition coefficient (Wildman–Crippen LogP) is 3.78. The molecule has 4 rings (SSSR count). The molecule has 6 nitrogen and oxygen atoms in total. The molecule has 2 saturated heterocycles. The van der Waals surface area contributed by atoms with E-state index in [9.17, 15) is 9.59 Å². The van der Waals surface area contributed by atoms with Crippen molar-refractivity contribution in [1.82, 2.24) is 5.32 Å². The first-order chi connectivity index (χ1) is 15.1. The number of hydrogen-bond acceptors (Lipinski definition) is 4. The van der Waals surface area contributed by atoms with Crippen LogP contribution in [0.15, 0.2) is 48.5 Å². The Kier molecular flexibility index (Phi) is 6.56. The van der Waals surface area contributed by atoms with Crippen LogP contribution in [0, 0.1) is 12.8 Å². The van der Waals surface area contributed by atoms with Crippen molar-refractivity contribution < 1.29 is 19.1 Å². The minimum Gasteiger partial charge on any atom is -0.496 e. The molecular formula is C25H30N2O4. The highest BCUT2D eigenvalue weighted by atomic mass is 16.5. The van der Waals surface area contributed by atoms with E-state index in [1.165, 1.54) is 0 Å². The molecule has 2 aliphatic rings. The van der Waals surface area contributed by atoms with Crippen LogP contribution in [0.25, 0.3) is 0 Å². The second kappa shape index (κ2) is 9.52. The number of piperidine rings is 1. The third kappa shape index (κ3) is 4.59. The summed E-state index contributed by atoms with van der Waals surface area (Å²) in [5, 5.41) is 3.18. The second-order valence-corrected chi connectivity index (χ2v) is 8.35. The number of aryl methyl sites for hydroxylation is 1. The van der Waals surface area contributed by atoms with E-state index in [-0.39, 0.29) is 23.8 Å². The topological polar surface area (TPSA) is 67.9 Å². The van der Waals surface area contributed by atoms with Gasteiger partial charge in [-0.25, -0.2) is 0 Å². The number of carbonyl (C=O) groups excluding carboxylic acids is 2. The number of nitrogens with zero attached hydrogens (tertiary/aromatic N) is 1. The number of benzene rings is 2. The van der Waals surface area contributed by atoms with E-state index in [0.717, 1.165) is 36.3 Å². The monoisotopic (exact) mass is 422 g/mol. The summed E-state index contributed by atoms with van der Waals surface area (Å²) in [5.74, 6) is 0.288. The van der Waals surface area contributed by atoms with Crippen LogP contribution in [0.2, 0.25) is 0 Å². The SMILES string of the molecule is COc1ccccc1C1C(C(=O)NC2CCCOC2)CCC(=O)N1c1ccc(C)cc1. The first-order valence-electron chi connectivity index (χ1n) is 11.0. The molecule has 2 aromatic carbocycles. The zero-order valence-electron chi connectivity index (χ0n) is 18.2. The Morgan fingerprint density at radius 3 is 2.61 bits per heavy atom. The quantitative estimate of drug-likeness (QED) is 0.796. The molecule has 2 aliphatic heterocycles. The van der Waals surface area contributed by atoms with Gasteiger partial charge in [-0.15, -0.1) is 0 Å². The molecule has 31 heavy (non-hydrogen) atoms. The highest BCUT2D eigenvalue weighted by Crippen LogP contribution is 2.43. The molecule has 0 aliphatic carbocycles. The third-order valence-corrected chi connectivity index (χ3v) is 6.21. The lowest BCUT2D eigenvalue weighted by Gasteiger charge is -2.41. The Morgan fingerprint density at radius 2 is 1.90 bits per heavy atom. The van der Waals surface area contributed by atoms with Gasteiger partial charge in [-0.3, -0.25) is 9.59 Å². The summed E-state index contributed by atoms with van der Waals surface area (Å²) in [6.45, 7) is 3.30. The number of ether oxygens (including phenoxy) is 2. The number of nitrogens with one attached hydrogen (secondary N) is 1. The average molecular weight is 423 g/mol. The van der Waals surface area contributed by atoms with Crippen molar-refractivity contribution in [2.75, 3.05) is 25.2 Å². The van der Waals surface area contributed by atoms with Crippen molar-refractivity contribution in [1.29, 1.82) is 0 Å². The van der Waals surface area contributed by atoms with Crippen LogP contribution < -0.4 is 15.0 Å². The van der Waals surface area contributed by atoms with E-state index in [0.29, 0.717) is 25.2 Å². The summed E-state index contributed by atoms with van der Waals surface area (Å²) in [4.78, 5) is 28.4. The van der Waals surface area contributed by atoms with Gasteiger partial charge in [0.1, 0.15) is 5.75 Å². The van der Waals surface area contributed by atoms with E-state index >= 15 is 0 Å². The van der Waals surface area contributed by atoms with Crippen molar-refractivity contribution in [3.8, 4) is 5.75 Å². The fourth-order valence-electron chi connectivity index (χ4n) is 4.61. The molecule has 0 bridgehead atoms. The predicted molar refractivity (Wildman–Crippen MR) is 119 cm³/mol. The molecule has 0 saturated carbocycles. The average Bonchev–Trinajstić information content (AvgIpc) is 2.80. The molecule has 2 fully saturated rings. The van der Waals surface area contributed by atoms with Crippen molar-refractivity contribution in [2.45, 2.75) is 44.7 Å². The lowest BCUT2D eigenvalue weighted by molar-refractivity contribution is -0.130. The summed E-state index contributed by atoms with van der Waals surface area (Å²) in [6, 6.07) is 15.1. The Hall–Kier alpha value is -2.86. The maximum Gasteiger partial charge on any atom is 0.227 e. The molecular weight excluding hydrogens is 392 g/mol. The summed E-state index contributed by atoms with van der Waals surface area (Å²) < 4.78 is 11.2. The molecule has 0 spiro atoms. The third-order valence-electron chi connectivity index (χ3n) is 6.21. The molecule has 1 N–H and O–H groups in total.